The minimum atomic E-state index is -1.26. The number of methoxy groups -OCH3 is 1. The molecule has 1 aliphatic rings. The number of hydrogen-bond acceptors (Lipinski definition) is 4. The van der Waals surface area contributed by atoms with Crippen LogP contribution < -0.4 is 14.8 Å². The molecular weight excluding hydrogens is 322 g/mol. The second-order valence-corrected chi connectivity index (χ2v) is 5.93. The lowest BCUT2D eigenvalue weighted by atomic mass is 10.1. The van der Waals surface area contributed by atoms with Crippen molar-refractivity contribution in [2.24, 2.45) is 0 Å². The number of para-hydroxylation sites is 2. The maximum atomic E-state index is 12.2. The number of rotatable bonds is 7. The number of ether oxygens (including phenoxy) is 2. The van der Waals surface area contributed by atoms with Crippen LogP contribution in [0.15, 0.2) is 54.6 Å². The van der Waals surface area contributed by atoms with Gasteiger partial charge in [0.1, 0.15) is 5.54 Å². The van der Waals surface area contributed by atoms with E-state index in [4.69, 9.17) is 9.47 Å². The van der Waals surface area contributed by atoms with Gasteiger partial charge in [-0.3, -0.25) is 4.79 Å². The molecule has 1 saturated carbocycles. The molecule has 0 heterocycles. The molecule has 3 rings (SSSR count). The average molecular weight is 341 g/mol. The Balaban J connectivity index is 1.64. The number of carbonyl (C=O) groups is 2. The van der Waals surface area contributed by atoms with Gasteiger partial charge in [0.15, 0.2) is 18.1 Å². The van der Waals surface area contributed by atoms with Crippen LogP contribution in [0.1, 0.15) is 17.9 Å². The molecule has 6 nitrogen and oxygen atoms in total. The van der Waals surface area contributed by atoms with Crippen LogP contribution in [0.2, 0.25) is 0 Å². The van der Waals surface area contributed by atoms with Crippen molar-refractivity contribution in [1.29, 1.82) is 0 Å². The van der Waals surface area contributed by atoms with E-state index in [-0.39, 0.29) is 12.5 Å². The highest BCUT2D eigenvalue weighted by molar-refractivity contribution is 5.92. The van der Waals surface area contributed by atoms with Gasteiger partial charge in [0, 0.05) is 5.92 Å². The van der Waals surface area contributed by atoms with Crippen LogP contribution >= 0.6 is 0 Å². The Hall–Kier alpha value is -3.02. The van der Waals surface area contributed by atoms with E-state index < -0.39 is 17.4 Å². The monoisotopic (exact) mass is 341 g/mol. The standard InChI is InChI=1S/C19H19NO5/c1-24-15-9-5-6-10-16(15)25-12-17(21)20-19(18(22)23)11-14(19)13-7-3-2-4-8-13/h2-10,14H,11-12H2,1H3,(H,20,21)(H,22,23). The number of hydrogen-bond donors (Lipinski definition) is 2. The topological polar surface area (TPSA) is 84.9 Å². The third-order valence-corrected chi connectivity index (χ3v) is 4.33. The summed E-state index contributed by atoms with van der Waals surface area (Å²) in [5, 5.41) is 12.2. The van der Waals surface area contributed by atoms with Crippen molar-refractivity contribution in [3.8, 4) is 11.5 Å². The van der Waals surface area contributed by atoms with Crippen LogP contribution in [0, 0.1) is 0 Å². The Morgan fingerprint density at radius 1 is 1.12 bits per heavy atom. The van der Waals surface area contributed by atoms with E-state index in [9.17, 15) is 14.7 Å². The van der Waals surface area contributed by atoms with Gasteiger partial charge >= 0.3 is 5.97 Å². The number of aliphatic carboxylic acids is 1. The van der Waals surface area contributed by atoms with Crippen molar-refractivity contribution in [2.75, 3.05) is 13.7 Å². The minimum Gasteiger partial charge on any atom is -0.493 e. The predicted octanol–water partition coefficient (Wildman–Crippen LogP) is 2.20. The largest absolute Gasteiger partial charge is 0.493 e. The lowest BCUT2D eigenvalue weighted by molar-refractivity contribution is -0.143. The SMILES string of the molecule is COc1ccccc1OCC(=O)NC1(C(=O)O)CC1c1ccccc1. The van der Waals surface area contributed by atoms with Gasteiger partial charge in [0.05, 0.1) is 7.11 Å². The zero-order valence-corrected chi connectivity index (χ0v) is 13.8. The van der Waals surface area contributed by atoms with Crippen molar-refractivity contribution in [1.82, 2.24) is 5.32 Å². The molecule has 2 aromatic carbocycles. The molecule has 0 radical (unpaired) electrons. The normalized spacial score (nSPS) is 21.2. The van der Waals surface area contributed by atoms with Crippen LogP contribution in [0.4, 0.5) is 0 Å². The van der Waals surface area contributed by atoms with Crippen molar-refractivity contribution in [3.63, 3.8) is 0 Å². The summed E-state index contributed by atoms with van der Waals surface area (Å²) < 4.78 is 10.6. The summed E-state index contributed by atoms with van der Waals surface area (Å²) in [4.78, 5) is 23.9. The van der Waals surface area contributed by atoms with E-state index in [1.165, 1.54) is 7.11 Å². The minimum absolute atomic E-state index is 0.235. The molecule has 2 N–H and O–H groups in total. The Morgan fingerprint density at radius 2 is 1.76 bits per heavy atom. The molecule has 2 unspecified atom stereocenters. The zero-order valence-electron chi connectivity index (χ0n) is 13.8. The molecule has 0 saturated heterocycles. The number of benzene rings is 2. The van der Waals surface area contributed by atoms with Gasteiger partial charge in [-0.2, -0.15) is 0 Å². The number of carbonyl (C=O) groups excluding carboxylic acids is 1. The summed E-state index contributed by atoms with van der Waals surface area (Å²) in [5.74, 6) is -0.808. The summed E-state index contributed by atoms with van der Waals surface area (Å²) in [6, 6.07) is 16.3. The fourth-order valence-electron chi connectivity index (χ4n) is 2.94. The molecule has 1 amide bonds. The highest BCUT2D eigenvalue weighted by Gasteiger charge is 2.62. The molecule has 0 bridgehead atoms. The Bertz CT molecular complexity index is 776. The maximum absolute atomic E-state index is 12.2. The number of nitrogens with one attached hydrogen (secondary N) is 1. The molecule has 0 aromatic heterocycles. The summed E-state index contributed by atoms with van der Waals surface area (Å²) in [5.41, 5.74) is -0.362. The lowest BCUT2D eigenvalue weighted by Gasteiger charge is -2.16. The summed E-state index contributed by atoms with van der Waals surface area (Å²) >= 11 is 0. The van der Waals surface area contributed by atoms with Crippen molar-refractivity contribution < 1.29 is 24.2 Å². The van der Waals surface area contributed by atoms with Gasteiger partial charge in [-0.1, -0.05) is 42.5 Å². The molecule has 6 heteroatoms. The van der Waals surface area contributed by atoms with Gasteiger partial charge in [0.2, 0.25) is 0 Å². The molecule has 0 aliphatic heterocycles. The molecule has 2 atom stereocenters. The number of amides is 1. The van der Waals surface area contributed by atoms with Crippen molar-refractivity contribution >= 4 is 11.9 Å². The van der Waals surface area contributed by atoms with Crippen LogP contribution in [-0.2, 0) is 9.59 Å². The van der Waals surface area contributed by atoms with E-state index in [0.717, 1.165) is 5.56 Å². The Morgan fingerprint density at radius 3 is 2.40 bits per heavy atom. The van der Waals surface area contributed by atoms with Crippen LogP contribution in [-0.4, -0.2) is 36.2 Å². The summed E-state index contributed by atoms with van der Waals surface area (Å²) in [6.07, 6.45) is 0.368. The quantitative estimate of drug-likeness (QED) is 0.806. The maximum Gasteiger partial charge on any atom is 0.330 e. The van der Waals surface area contributed by atoms with Crippen molar-refractivity contribution in [2.45, 2.75) is 17.9 Å². The van der Waals surface area contributed by atoms with Crippen LogP contribution in [0.25, 0.3) is 0 Å². The van der Waals surface area contributed by atoms with Gasteiger partial charge in [-0.05, 0) is 24.1 Å². The Kier molecular flexibility index (Phi) is 4.61. The second kappa shape index (κ2) is 6.84. The van der Waals surface area contributed by atoms with Gasteiger partial charge in [0.25, 0.3) is 5.91 Å². The molecule has 25 heavy (non-hydrogen) atoms. The third-order valence-electron chi connectivity index (χ3n) is 4.33. The van der Waals surface area contributed by atoms with Crippen molar-refractivity contribution in [3.05, 3.63) is 60.2 Å². The van der Waals surface area contributed by atoms with Crippen LogP contribution in [0.5, 0.6) is 11.5 Å². The fourth-order valence-corrected chi connectivity index (χ4v) is 2.94. The lowest BCUT2D eigenvalue weighted by Crippen LogP contribution is -2.46. The van der Waals surface area contributed by atoms with Gasteiger partial charge in [-0.15, -0.1) is 0 Å². The highest BCUT2D eigenvalue weighted by atomic mass is 16.5. The second-order valence-electron chi connectivity index (χ2n) is 5.93. The number of carboxylic acid groups (broad SMARTS) is 1. The Labute approximate surface area is 145 Å². The van der Waals surface area contributed by atoms with Gasteiger partial charge < -0.3 is 19.9 Å². The van der Waals surface area contributed by atoms with E-state index in [1.807, 2.05) is 30.3 Å². The molecule has 2 aromatic rings. The molecule has 130 valence electrons. The molecule has 1 fully saturated rings. The van der Waals surface area contributed by atoms with E-state index in [0.29, 0.717) is 17.9 Å². The average Bonchev–Trinajstić information content (AvgIpc) is 3.36. The molecule has 0 spiro atoms. The fraction of sp³-hybridized carbons (Fsp3) is 0.263. The number of carboxylic acids is 1. The molecule has 1 aliphatic carbocycles. The first-order valence-electron chi connectivity index (χ1n) is 7.92. The summed E-state index contributed by atoms with van der Waals surface area (Å²) in [6.45, 7) is -0.281. The predicted molar refractivity (Wildman–Crippen MR) is 90.8 cm³/mol. The van der Waals surface area contributed by atoms with E-state index in [1.54, 1.807) is 24.3 Å². The highest BCUT2D eigenvalue weighted by Crippen LogP contribution is 2.51. The zero-order chi connectivity index (χ0) is 17.9. The van der Waals surface area contributed by atoms with Gasteiger partial charge in [-0.25, -0.2) is 4.79 Å². The van der Waals surface area contributed by atoms with E-state index >= 15 is 0 Å². The third kappa shape index (κ3) is 3.42. The van der Waals surface area contributed by atoms with Crippen LogP contribution in [0.3, 0.4) is 0 Å². The van der Waals surface area contributed by atoms with E-state index in [2.05, 4.69) is 5.32 Å². The first-order chi connectivity index (χ1) is 12.1. The summed E-state index contributed by atoms with van der Waals surface area (Å²) in [7, 11) is 1.51. The first-order valence-corrected chi connectivity index (χ1v) is 7.92. The molecular formula is C19H19NO5. The smallest absolute Gasteiger partial charge is 0.330 e. The first kappa shape index (κ1) is 16.8.